The summed E-state index contributed by atoms with van der Waals surface area (Å²) in [7, 11) is 0. The molecule has 1 N–H and O–H groups in total. The molecule has 2 saturated heterocycles. The van der Waals surface area contributed by atoms with Crippen molar-refractivity contribution in [2.24, 2.45) is 16.8 Å². The molecule has 0 radical (unpaired) electrons. The molecule has 170 valence electrons. The predicted molar refractivity (Wildman–Crippen MR) is 121 cm³/mol. The molecule has 7 heteroatoms. The van der Waals surface area contributed by atoms with Crippen molar-refractivity contribution in [3.63, 3.8) is 0 Å². The Morgan fingerprint density at radius 1 is 1.10 bits per heavy atom. The summed E-state index contributed by atoms with van der Waals surface area (Å²) in [5.74, 6) is 3.02. The molecule has 1 aromatic carbocycles. The Hall–Kier alpha value is -2.28. The van der Waals surface area contributed by atoms with Crippen LogP contribution >= 0.6 is 0 Å². The topological polar surface area (TPSA) is 66.4 Å². The van der Waals surface area contributed by atoms with Crippen LogP contribution in [0.25, 0.3) is 0 Å². The van der Waals surface area contributed by atoms with Crippen LogP contribution in [0.4, 0.5) is 0 Å². The number of nitrogens with zero attached hydrogens (tertiary/aromatic N) is 3. The highest BCUT2D eigenvalue weighted by Crippen LogP contribution is 2.30. The Morgan fingerprint density at radius 3 is 2.55 bits per heavy atom. The highest BCUT2D eigenvalue weighted by atomic mass is 16.5. The van der Waals surface area contributed by atoms with Crippen molar-refractivity contribution in [2.75, 3.05) is 52.5 Å². The van der Waals surface area contributed by atoms with Crippen molar-refractivity contribution in [1.29, 1.82) is 0 Å². The molecule has 1 saturated carbocycles. The number of para-hydroxylation sites is 1. The molecule has 2 aliphatic heterocycles. The molecule has 2 heterocycles. The van der Waals surface area contributed by atoms with Gasteiger partial charge in [0.15, 0.2) is 5.96 Å². The molecule has 0 bridgehead atoms. The first-order valence-electron chi connectivity index (χ1n) is 11.8. The van der Waals surface area contributed by atoms with Crippen molar-refractivity contribution < 1.29 is 14.3 Å². The van der Waals surface area contributed by atoms with Crippen molar-refractivity contribution in [3.8, 4) is 5.75 Å². The number of hydrogen-bond donors (Lipinski definition) is 1. The summed E-state index contributed by atoms with van der Waals surface area (Å²) in [5.41, 5.74) is 1.12. The average Bonchev–Trinajstić information content (AvgIpc) is 3.66. The third-order valence-electron chi connectivity index (χ3n) is 6.34. The van der Waals surface area contributed by atoms with Gasteiger partial charge in [-0.25, -0.2) is 4.99 Å². The summed E-state index contributed by atoms with van der Waals surface area (Å²) < 4.78 is 11.4. The van der Waals surface area contributed by atoms with E-state index in [-0.39, 0.29) is 5.92 Å². The van der Waals surface area contributed by atoms with E-state index in [1.165, 1.54) is 12.8 Å². The molecule has 31 heavy (non-hydrogen) atoms. The van der Waals surface area contributed by atoms with Gasteiger partial charge in [-0.15, -0.1) is 0 Å². The maximum atomic E-state index is 12.8. The van der Waals surface area contributed by atoms with E-state index < -0.39 is 0 Å². The van der Waals surface area contributed by atoms with Crippen LogP contribution in [0.5, 0.6) is 5.75 Å². The van der Waals surface area contributed by atoms with Crippen LogP contribution in [-0.2, 0) is 16.1 Å². The fourth-order valence-corrected chi connectivity index (χ4v) is 4.23. The van der Waals surface area contributed by atoms with Gasteiger partial charge in [-0.2, -0.15) is 0 Å². The van der Waals surface area contributed by atoms with E-state index >= 15 is 0 Å². The molecule has 3 aliphatic rings. The van der Waals surface area contributed by atoms with E-state index in [0.717, 1.165) is 75.4 Å². The van der Waals surface area contributed by atoms with Crippen molar-refractivity contribution in [3.05, 3.63) is 29.8 Å². The summed E-state index contributed by atoms with van der Waals surface area (Å²) >= 11 is 0. The SMILES string of the molecule is CCNC(=NCc1ccccc1OCC1CC1)N1CCC(C(=O)N2CCOCC2)CC1. The number of guanidine groups is 1. The third kappa shape index (κ3) is 6.12. The number of morpholine rings is 1. The second kappa shape index (κ2) is 10.8. The van der Waals surface area contributed by atoms with Gasteiger partial charge in [0.2, 0.25) is 5.91 Å². The molecule has 3 fully saturated rings. The van der Waals surface area contributed by atoms with Gasteiger partial charge in [-0.3, -0.25) is 4.79 Å². The van der Waals surface area contributed by atoms with Gasteiger partial charge in [0.05, 0.1) is 26.4 Å². The summed E-state index contributed by atoms with van der Waals surface area (Å²) in [4.78, 5) is 22.0. The lowest BCUT2D eigenvalue weighted by molar-refractivity contribution is -0.140. The van der Waals surface area contributed by atoms with Crippen LogP contribution in [-0.4, -0.2) is 74.2 Å². The third-order valence-corrected chi connectivity index (χ3v) is 6.34. The molecule has 0 spiro atoms. The van der Waals surface area contributed by atoms with Crippen LogP contribution in [0.15, 0.2) is 29.3 Å². The second-order valence-corrected chi connectivity index (χ2v) is 8.73. The lowest BCUT2D eigenvalue weighted by Crippen LogP contribution is -2.50. The summed E-state index contributed by atoms with van der Waals surface area (Å²) in [6.07, 6.45) is 4.33. The van der Waals surface area contributed by atoms with Gasteiger partial charge in [0.25, 0.3) is 0 Å². The Morgan fingerprint density at radius 2 is 1.84 bits per heavy atom. The van der Waals surface area contributed by atoms with E-state index in [4.69, 9.17) is 14.5 Å². The van der Waals surface area contributed by atoms with Gasteiger partial charge in [-0.05, 0) is 44.6 Å². The maximum absolute atomic E-state index is 12.8. The number of amides is 1. The van der Waals surface area contributed by atoms with E-state index in [2.05, 4.69) is 23.2 Å². The maximum Gasteiger partial charge on any atom is 0.225 e. The van der Waals surface area contributed by atoms with Crippen molar-refractivity contribution >= 4 is 11.9 Å². The first kappa shape index (κ1) is 21.9. The van der Waals surface area contributed by atoms with Crippen molar-refractivity contribution in [1.82, 2.24) is 15.1 Å². The zero-order chi connectivity index (χ0) is 21.5. The lowest BCUT2D eigenvalue weighted by Gasteiger charge is -2.36. The normalized spacial score (nSPS) is 20.6. The summed E-state index contributed by atoms with van der Waals surface area (Å²) in [6.45, 7) is 8.81. The first-order chi connectivity index (χ1) is 15.2. The minimum Gasteiger partial charge on any atom is -0.493 e. The van der Waals surface area contributed by atoms with E-state index in [1.807, 2.05) is 23.1 Å². The number of piperidine rings is 1. The van der Waals surface area contributed by atoms with E-state index in [0.29, 0.717) is 25.7 Å². The molecular formula is C24H36N4O3. The lowest BCUT2D eigenvalue weighted by atomic mass is 9.95. The second-order valence-electron chi connectivity index (χ2n) is 8.73. The number of rotatable bonds is 7. The van der Waals surface area contributed by atoms with Gasteiger partial charge in [-0.1, -0.05) is 18.2 Å². The number of benzene rings is 1. The molecule has 1 aromatic rings. The molecule has 0 atom stereocenters. The Bertz CT molecular complexity index is 751. The molecule has 4 rings (SSSR count). The van der Waals surface area contributed by atoms with Gasteiger partial charge in [0.1, 0.15) is 5.75 Å². The number of ether oxygens (including phenoxy) is 2. The fourth-order valence-electron chi connectivity index (χ4n) is 4.23. The highest BCUT2D eigenvalue weighted by molar-refractivity contribution is 5.82. The minimum absolute atomic E-state index is 0.119. The zero-order valence-electron chi connectivity index (χ0n) is 18.7. The first-order valence-corrected chi connectivity index (χ1v) is 11.8. The molecule has 1 aliphatic carbocycles. The zero-order valence-corrected chi connectivity index (χ0v) is 18.7. The molecule has 1 amide bonds. The smallest absolute Gasteiger partial charge is 0.225 e. The Kier molecular flexibility index (Phi) is 7.67. The van der Waals surface area contributed by atoms with Gasteiger partial charge in [0, 0.05) is 44.2 Å². The van der Waals surface area contributed by atoms with Crippen molar-refractivity contribution in [2.45, 2.75) is 39.2 Å². The highest BCUT2D eigenvalue weighted by Gasteiger charge is 2.30. The number of likely N-dealkylation sites (tertiary alicyclic amines) is 1. The van der Waals surface area contributed by atoms with Crippen LogP contribution in [0.3, 0.4) is 0 Å². The average molecular weight is 429 g/mol. The number of carbonyl (C=O) groups excluding carboxylic acids is 1. The molecule has 0 aromatic heterocycles. The predicted octanol–water partition coefficient (Wildman–Crippen LogP) is 2.51. The summed E-state index contributed by atoms with van der Waals surface area (Å²) in [5, 5.41) is 3.43. The minimum atomic E-state index is 0.119. The molecule has 0 unspecified atom stereocenters. The monoisotopic (exact) mass is 428 g/mol. The largest absolute Gasteiger partial charge is 0.493 e. The van der Waals surface area contributed by atoms with E-state index in [1.54, 1.807) is 0 Å². The molecule has 7 nitrogen and oxygen atoms in total. The van der Waals surface area contributed by atoms with Crippen LogP contribution in [0, 0.1) is 11.8 Å². The van der Waals surface area contributed by atoms with Crippen LogP contribution < -0.4 is 10.1 Å². The quantitative estimate of drug-likeness (QED) is 0.534. The van der Waals surface area contributed by atoms with Gasteiger partial charge >= 0.3 is 0 Å². The Balaban J connectivity index is 1.33. The Labute approximate surface area is 185 Å². The summed E-state index contributed by atoms with van der Waals surface area (Å²) in [6, 6.07) is 8.22. The number of hydrogen-bond acceptors (Lipinski definition) is 4. The number of nitrogens with one attached hydrogen (secondary N) is 1. The molecular weight excluding hydrogens is 392 g/mol. The number of aliphatic imine (C=N–C) groups is 1. The van der Waals surface area contributed by atoms with E-state index in [9.17, 15) is 4.79 Å². The number of carbonyl (C=O) groups is 1. The fraction of sp³-hybridized carbons (Fsp3) is 0.667. The van der Waals surface area contributed by atoms with Crippen LogP contribution in [0.1, 0.15) is 38.2 Å². The standard InChI is InChI=1S/C24H36N4O3/c1-2-25-24(26-17-21-5-3-4-6-22(21)31-18-19-7-8-19)28-11-9-20(10-12-28)23(29)27-13-15-30-16-14-27/h3-6,19-20H,2,7-18H2,1H3,(H,25,26). The van der Waals surface area contributed by atoms with Gasteiger partial charge < -0.3 is 24.6 Å². The van der Waals surface area contributed by atoms with Crippen LogP contribution in [0.2, 0.25) is 0 Å².